The summed E-state index contributed by atoms with van der Waals surface area (Å²) in [5.74, 6) is -1.72. The SMILES string of the molecule is NCC(C(=O)O)c1ccc2oc(=O)sc2c1. The number of benzene rings is 1. The fourth-order valence-corrected chi connectivity index (χ4v) is 2.20. The zero-order valence-corrected chi connectivity index (χ0v) is 8.99. The Balaban J connectivity index is 2.53. The predicted octanol–water partition coefficient (Wildman–Crippen LogP) is 0.981. The molecule has 1 aromatic carbocycles. The molecule has 16 heavy (non-hydrogen) atoms. The molecular formula is C10H9NO4S. The second-order valence-corrected chi connectivity index (χ2v) is 4.26. The molecule has 0 spiro atoms. The molecule has 1 aromatic heterocycles. The van der Waals surface area contributed by atoms with Crippen LogP contribution < -0.4 is 10.7 Å². The first-order chi connectivity index (χ1) is 7.61. The van der Waals surface area contributed by atoms with E-state index in [0.717, 1.165) is 11.3 Å². The summed E-state index contributed by atoms with van der Waals surface area (Å²) in [7, 11) is 0. The molecule has 1 unspecified atom stereocenters. The van der Waals surface area contributed by atoms with Crippen molar-refractivity contribution in [2.45, 2.75) is 5.92 Å². The maximum absolute atomic E-state index is 11.0. The summed E-state index contributed by atoms with van der Waals surface area (Å²) in [5.41, 5.74) is 6.45. The van der Waals surface area contributed by atoms with E-state index in [-0.39, 0.29) is 6.54 Å². The van der Waals surface area contributed by atoms with Gasteiger partial charge in [0, 0.05) is 6.54 Å². The number of nitrogens with two attached hydrogens (primary N) is 1. The quantitative estimate of drug-likeness (QED) is 0.832. The maximum Gasteiger partial charge on any atom is 0.396 e. The minimum absolute atomic E-state index is 0.0214. The third kappa shape index (κ3) is 1.84. The van der Waals surface area contributed by atoms with E-state index < -0.39 is 16.8 Å². The van der Waals surface area contributed by atoms with Crippen LogP contribution in [0.2, 0.25) is 0 Å². The van der Waals surface area contributed by atoms with Crippen LogP contribution in [0.4, 0.5) is 0 Å². The van der Waals surface area contributed by atoms with Gasteiger partial charge in [0.15, 0.2) is 0 Å². The molecule has 0 amide bonds. The van der Waals surface area contributed by atoms with Crippen LogP contribution in [0, 0.1) is 0 Å². The predicted molar refractivity (Wildman–Crippen MR) is 59.8 cm³/mol. The third-order valence-electron chi connectivity index (χ3n) is 2.29. The van der Waals surface area contributed by atoms with Crippen LogP contribution in [0.1, 0.15) is 11.5 Å². The normalized spacial score (nSPS) is 12.8. The molecule has 0 aliphatic carbocycles. The first-order valence-corrected chi connectivity index (χ1v) is 5.40. The Labute approximate surface area is 94.1 Å². The van der Waals surface area contributed by atoms with Crippen molar-refractivity contribution in [3.63, 3.8) is 0 Å². The number of hydrogen-bond acceptors (Lipinski definition) is 5. The molecule has 0 bridgehead atoms. The van der Waals surface area contributed by atoms with Gasteiger partial charge in [-0.2, -0.15) is 0 Å². The zero-order valence-electron chi connectivity index (χ0n) is 8.17. The van der Waals surface area contributed by atoms with Gasteiger partial charge < -0.3 is 15.3 Å². The summed E-state index contributed by atoms with van der Waals surface area (Å²) in [4.78, 5) is 21.5. The van der Waals surface area contributed by atoms with Crippen molar-refractivity contribution >= 4 is 27.6 Å². The number of hydrogen-bond donors (Lipinski definition) is 2. The van der Waals surface area contributed by atoms with Gasteiger partial charge in [0.05, 0.1) is 10.6 Å². The van der Waals surface area contributed by atoms with Crippen LogP contribution in [-0.2, 0) is 4.79 Å². The van der Waals surface area contributed by atoms with E-state index in [2.05, 4.69) is 0 Å². The van der Waals surface area contributed by atoms with E-state index in [0.29, 0.717) is 15.8 Å². The van der Waals surface area contributed by atoms with E-state index in [1.165, 1.54) is 0 Å². The van der Waals surface area contributed by atoms with Gasteiger partial charge in [0.2, 0.25) is 0 Å². The van der Waals surface area contributed by atoms with Crippen molar-refractivity contribution in [3.05, 3.63) is 33.5 Å². The third-order valence-corrected chi connectivity index (χ3v) is 3.08. The molecule has 0 aliphatic rings. The molecule has 0 radical (unpaired) electrons. The Morgan fingerprint density at radius 2 is 2.31 bits per heavy atom. The largest absolute Gasteiger partial charge is 0.481 e. The van der Waals surface area contributed by atoms with Gasteiger partial charge >= 0.3 is 10.9 Å². The smallest absolute Gasteiger partial charge is 0.396 e. The molecule has 2 rings (SSSR count). The number of rotatable bonds is 3. The van der Waals surface area contributed by atoms with Crippen LogP contribution in [0.3, 0.4) is 0 Å². The van der Waals surface area contributed by atoms with Gasteiger partial charge in [-0.1, -0.05) is 17.4 Å². The van der Waals surface area contributed by atoms with Crippen LogP contribution in [-0.4, -0.2) is 17.6 Å². The molecule has 5 nitrogen and oxygen atoms in total. The van der Waals surface area contributed by atoms with Crippen LogP contribution >= 0.6 is 11.3 Å². The van der Waals surface area contributed by atoms with E-state index in [1.54, 1.807) is 18.2 Å². The van der Waals surface area contributed by atoms with Crippen LogP contribution in [0.25, 0.3) is 10.3 Å². The molecule has 0 fully saturated rings. The molecule has 3 N–H and O–H groups in total. The fraction of sp³-hybridized carbons (Fsp3) is 0.200. The van der Waals surface area contributed by atoms with E-state index in [1.807, 2.05) is 0 Å². The zero-order chi connectivity index (χ0) is 11.7. The van der Waals surface area contributed by atoms with Crippen molar-refractivity contribution in [2.24, 2.45) is 5.73 Å². The average Bonchev–Trinajstić information content (AvgIpc) is 2.57. The Morgan fingerprint density at radius 1 is 1.56 bits per heavy atom. The minimum atomic E-state index is -0.974. The molecule has 1 atom stereocenters. The van der Waals surface area contributed by atoms with Gasteiger partial charge in [-0.25, -0.2) is 4.79 Å². The maximum atomic E-state index is 11.0. The summed E-state index contributed by atoms with van der Waals surface area (Å²) < 4.78 is 5.52. The minimum Gasteiger partial charge on any atom is -0.481 e. The summed E-state index contributed by atoms with van der Waals surface area (Å²) in [6.45, 7) is 0.0214. The second kappa shape index (κ2) is 4.07. The first kappa shape index (κ1) is 10.8. The lowest BCUT2D eigenvalue weighted by Crippen LogP contribution is -2.20. The summed E-state index contributed by atoms with van der Waals surface area (Å²) in [6, 6.07) is 4.84. The van der Waals surface area contributed by atoms with E-state index in [9.17, 15) is 9.59 Å². The fourth-order valence-electron chi connectivity index (χ4n) is 1.49. The van der Waals surface area contributed by atoms with Gasteiger partial charge in [0.1, 0.15) is 5.58 Å². The Hall–Kier alpha value is -1.66. The number of carboxylic acids is 1. The number of carboxylic acid groups (broad SMARTS) is 1. The monoisotopic (exact) mass is 239 g/mol. The molecule has 2 aromatic rings. The molecule has 0 saturated carbocycles. The van der Waals surface area contributed by atoms with Crippen molar-refractivity contribution < 1.29 is 14.3 Å². The van der Waals surface area contributed by atoms with Crippen molar-refractivity contribution in [1.82, 2.24) is 0 Å². The number of aliphatic carboxylic acids is 1. The molecule has 84 valence electrons. The van der Waals surface area contributed by atoms with Gasteiger partial charge in [-0.15, -0.1) is 0 Å². The first-order valence-electron chi connectivity index (χ1n) is 4.58. The highest BCUT2D eigenvalue weighted by molar-refractivity contribution is 7.16. The number of carbonyl (C=O) groups is 1. The highest BCUT2D eigenvalue weighted by Gasteiger charge is 2.18. The average molecular weight is 239 g/mol. The standard InChI is InChI=1S/C10H9NO4S/c11-4-6(9(12)13)5-1-2-7-8(3-5)16-10(14)15-7/h1-3,6H,4,11H2,(H,12,13). The topological polar surface area (TPSA) is 93.5 Å². The van der Waals surface area contributed by atoms with Gasteiger partial charge in [0.25, 0.3) is 0 Å². The Bertz CT molecular complexity index is 586. The summed E-state index contributed by atoms with van der Waals surface area (Å²) >= 11 is 0.950. The number of fused-ring (bicyclic) bond motifs is 1. The summed E-state index contributed by atoms with van der Waals surface area (Å²) in [6.07, 6.45) is 0. The van der Waals surface area contributed by atoms with Crippen molar-refractivity contribution in [2.75, 3.05) is 6.54 Å². The second-order valence-electron chi connectivity index (χ2n) is 3.29. The molecule has 6 heteroatoms. The lowest BCUT2D eigenvalue weighted by Gasteiger charge is -2.09. The lowest BCUT2D eigenvalue weighted by atomic mass is 10.00. The highest BCUT2D eigenvalue weighted by Crippen LogP contribution is 2.23. The lowest BCUT2D eigenvalue weighted by molar-refractivity contribution is -0.138. The van der Waals surface area contributed by atoms with Gasteiger partial charge in [-0.05, 0) is 17.7 Å². The Morgan fingerprint density at radius 3 is 2.94 bits per heavy atom. The molecule has 0 aliphatic heterocycles. The van der Waals surface area contributed by atoms with Crippen molar-refractivity contribution in [1.29, 1.82) is 0 Å². The van der Waals surface area contributed by atoms with E-state index in [4.69, 9.17) is 15.3 Å². The highest BCUT2D eigenvalue weighted by atomic mass is 32.1. The van der Waals surface area contributed by atoms with Gasteiger partial charge in [-0.3, -0.25) is 4.79 Å². The Kier molecular flexibility index (Phi) is 2.76. The van der Waals surface area contributed by atoms with Crippen LogP contribution in [0.15, 0.2) is 27.4 Å². The molecule has 1 heterocycles. The van der Waals surface area contributed by atoms with Crippen LogP contribution in [0.5, 0.6) is 0 Å². The summed E-state index contributed by atoms with van der Waals surface area (Å²) in [5, 5.41) is 8.94. The van der Waals surface area contributed by atoms with Crippen molar-refractivity contribution in [3.8, 4) is 0 Å². The molecular weight excluding hydrogens is 230 g/mol. The molecule has 0 saturated heterocycles. The van der Waals surface area contributed by atoms with E-state index >= 15 is 0 Å².